The Balaban J connectivity index is 1.83. The SMILES string of the molecule is CNC(c1ccc(Cl)s1)C1CCc2ccccc2C1. The monoisotopic (exact) mass is 291 g/mol. The predicted molar refractivity (Wildman–Crippen MR) is 83.1 cm³/mol. The number of nitrogens with one attached hydrogen (secondary N) is 1. The fraction of sp³-hybridized carbons (Fsp3) is 0.375. The van der Waals surface area contributed by atoms with Crippen LogP contribution in [0.25, 0.3) is 0 Å². The summed E-state index contributed by atoms with van der Waals surface area (Å²) in [5.41, 5.74) is 3.04. The van der Waals surface area contributed by atoms with E-state index < -0.39 is 0 Å². The van der Waals surface area contributed by atoms with Crippen molar-refractivity contribution in [3.8, 4) is 0 Å². The van der Waals surface area contributed by atoms with Crippen molar-refractivity contribution in [3.05, 3.63) is 56.7 Å². The third-order valence-corrected chi connectivity index (χ3v) is 5.38. The van der Waals surface area contributed by atoms with E-state index in [0.717, 1.165) is 10.8 Å². The van der Waals surface area contributed by atoms with Gasteiger partial charge in [-0.2, -0.15) is 0 Å². The number of halogens is 1. The van der Waals surface area contributed by atoms with E-state index in [1.165, 1.54) is 28.8 Å². The second-order valence-corrected chi connectivity index (χ2v) is 6.93. The number of rotatable bonds is 3. The standard InChI is InChI=1S/C16H18ClNS/c1-18-16(14-8-9-15(17)19-14)13-7-6-11-4-2-3-5-12(11)10-13/h2-5,8-9,13,16,18H,6-7,10H2,1H3. The van der Waals surface area contributed by atoms with Crippen LogP contribution in [0.2, 0.25) is 4.34 Å². The smallest absolute Gasteiger partial charge is 0.0931 e. The maximum Gasteiger partial charge on any atom is 0.0931 e. The molecule has 0 spiro atoms. The maximum absolute atomic E-state index is 6.07. The number of thiophene rings is 1. The zero-order valence-corrected chi connectivity index (χ0v) is 12.6. The van der Waals surface area contributed by atoms with Crippen LogP contribution in [0.4, 0.5) is 0 Å². The summed E-state index contributed by atoms with van der Waals surface area (Å²) >= 11 is 7.77. The molecule has 1 aromatic carbocycles. The molecule has 3 rings (SSSR count). The van der Waals surface area contributed by atoms with Crippen molar-refractivity contribution in [2.75, 3.05) is 7.05 Å². The van der Waals surface area contributed by atoms with Gasteiger partial charge in [0.1, 0.15) is 0 Å². The summed E-state index contributed by atoms with van der Waals surface area (Å²) in [5.74, 6) is 0.662. The first-order valence-electron chi connectivity index (χ1n) is 6.77. The number of benzene rings is 1. The number of fused-ring (bicyclic) bond motifs is 1. The van der Waals surface area contributed by atoms with E-state index in [1.54, 1.807) is 11.3 Å². The third-order valence-electron chi connectivity index (χ3n) is 4.07. The molecule has 100 valence electrons. The second-order valence-electron chi connectivity index (χ2n) is 5.18. The Kier molecular flexibility index (Phi) is 3.92. The van der Waals surface area contributed by atoms with E-state index in [9.17, 15) is 0 Å². The van der Waals surface area contributed by atoms with Gasteiger partial charge in [0.25, 0.3) is 0 Å². The van der Waals surface area contributed by atoms with Crippen molar-refractivity contribution in [2.24, 2.45) is 5.92 Å². The normalized spacial score (nSPS) is 20.0. The van der Waals surface area contributed by atoms with Crippen molar-refractivity contribution >= 4 is 22.9 Å². The van der Waals surface area contributed by atoms with Crippen LogP contribution in [0.3, 0.4) is 0 Å². The zero-order chi connectivity index (χ0) is 13.2. The Labute approximate surface area is 123 Å². The fourth-order valence-electron chi connectivity index (χ4n) is 3.12. The predicted octanol–water partition coefficient (Wildman–Crippen LogP) is 4.47. The summed E-state index contributed by atoms with van der Waals surface area (Å²) in [6.07, 6.45) is 3.60. The highest BCUT2D eigenvalue weighted by atomic mass is 35.5. The zero-order valence-electron chi connectivity index (χ0n) is 11.0. The quantitative estimate of drug-likeness (QED) is 0.880. The minimum Gasteiger partial charge on any atom is -0.312 e. The van der Waals surface area contributed by atoms with E-state index in [-0.39, 0.29) is 0 Å². The minimum absolute atomic E-state index is 0.422. The lowest BCUT2D eigenvalue weighted by molar-refractivity contribution is 0.346. The van der Waals surface area contributed by atoms with Crippen LogP contribution in [-0.4, -0.2) is 7.05 Å². The number of hydrogen-bond acceptors (Lipinski definition) is 2. The molecule has 1 aliphatic carbocycles. The summed E-state index contributed by atoms with van der Waals surface area (Å²) < 4.78 is 0.881. The molecule has 0 radical (unpaired) electrons. The molecule has 3 heteroatoms. The van der Waals surface area contributed by atoms with Gasteiger partial charge in [-0.25, -0.2) is 0 Å². The lowest BCUT2D eigenvalue weighted by Gasteiger charge is -2.31. The molecule has 0 fully saturated rings. The van der Waals surface area contributed by atoms with Gasteiger partial charge in [-0.1, -0.05) is 35.9 Å². The lowest BCUT2D eigenvalue weighted by Crippen LogP contribution is -2.29. The Hall–Kier alpha value is -0.830. The Morgan fingerprint density at radius 3 is 2.68 bits per heavy atom. The van der Waals surface area contributed by atoms with E-state index >= 15 is 0 Å². The van der Waals surface area contributed by atoms with Crippen molar-refractivity contribution in [3.63, 3.8) is 0 Å². The average molecular weight is 292 g/mol. The summed E-state index contributed by atoms with van der Waals surface area (Å²) in [6.45, 7) is 0. The molecule has 1 N–H and O–H groups in total. The molecule has 1 aromatic heterocycles. The fourth-order valence-corrected chi connectivity index (χ4v) is 4.38. The summed E-state index contributed by atoms with van der Waals surface area (Å²) in [7, 11) is 2.05. The Morgan fingerprint density at radius 1 is 1.21 bits per heavy atom. The summed E-state index contributed by atoms with van der Waals surface area (Å²) in [5, 5.41) is 3.48. The number of aryl methyl sites for hydroxylation is 1. The molecule has 1 nitrogen and oxygen atoms in total. The molecule has 0 saturated heterocycles. The molecular weight excluding hydrogens is 274 g/mol. The first-order valence-corrected chi connectivity index (χ1v) is 7.96. The number of hydrogen-bond donors (Lipinski definition) is 1. The molecule has 1 aliphatic rings. The minimum atomic E-state index is 0.422. The van der Waals surface area contributed by atoms with Gasteiger partial charge >= 0.3 is 0 Å². The average Bonchev–Trinajstić information content (AvgIpc) is 2.86. The van der Waals surface area contributed by atoms with Crippen LogP contribution in [-0.2, 0) is 12.8 Å². The third kappa shape index (κ3) is 2.71. The van der Waals surface area contributed by atoms with E-state index in [2.05, 4.69) is 42.7 Å². The molecule has 0 amide bonds. The molecule has 0 saturated carbocycles. The first kappa shape index (κ1) is 13.2. The molecular formula is C16H18ClNS. The van der Waals surface area contributed by atoms with Crippen molar-refractivity contribution in [1.82, 2.24) is 5.32 Å². The molecule has 2 aromatic rings. The topological polar surface area (TPSA) is 12.0 Å². The largest absolute Gasteiger partial charge is 0.312 e. The van der Waals surface area contributed by atoms with Crippen LogP contribution in [0.15, 0.2) is 36.4 Å². The Morgan fingerprint density at radius 2 is 2.00 bits per heavy atom. The highest BCUT2D eigenvalue weighted by Gasteiger charge is 2.27. The van der Waals surface area contributed by atoms with E-state index in [4.69, 9.17) is 11.6 Å². The van der Waals surface area contributed by atoms with Gasteiger partial charge in [0.2, 0.25) is 0 Å². The molecule has 1 heterocycles. The Bertz CT molecular complexity index is 563. The summed E-state index contributed by atoms with van der Waals surface area (Å²) in [4.78, 5) is 1.36. The molecule has 2 atom stereocenters. The van der Waals surface area contributed by atoms with Gasteiger partial charge < -0.3 is 5.32 Å². The maximum atomic E-state index is 6.07. The summed E-state index contributed by atoms with van der Waals surface area (Å²) in [6, 6.07) is 13.4. The highest BCUT2D eigenvalue weighted by Crippen LogP contribution is 2.37. The van der Waals surface area contributed by atoms with Gasteiger partial charge in [-0.3, -0.25) is 0 Å². The molecule has 0 aliphatic heterocycles. The second kappa shape index (κ2) is 5.66. The van der Waals surface area contributed by atoms with Crippen LogP contribution in [0.1, 0.15) is 28.5 Å². The molecule has 0 bridgehead atoms. The molecule has 19 heavy (non-hydrogen) atoms. The van der Waals surface area contributed by atoms with Crippen molar-refractivity contribution < 1.29 is 0 Å². The van der Waals surface area contributed by atoms with Gasteiger partial charge in [0.15, 0.2) is 0 Å². The van der Waals surface area contributed by atoms with Crippen molar-refractivity contribution in [2.45, 2.75) is 25.3 Å². The lowest BCUT2D eigenvalue weighted by atomic mass is 9.79. The van der Waals surface area contributed by atoms with Crippen molar-refractivity contribution in [1.29, 1.82) is 0 Å². The van der Waals surface area contributed by atoms with Crippen LogP contribution < -0.4 is 5.32 Å². The van der Waals surface area contributed by atoms with Crippen LogP contribution in [0, 0.1) is 5.92 Å². The van der Waals surface area contributed by atoms with Gasteiger partial charge in [-0.15, -0.1) is 11.3 Å². The van der Waals surface area contributed by atoms with E-state index in [0.29, 0.717) is 12.0 Å². The van der Waals surface area contributed by atoms with Gasteiger partial charge in [0.05, 0.1) is 4.34 Å². The van der Waals surface area contributed by atoms with Gasteiger partial charge in [-0.05, 0) is 55.5 Å². The highest BCUT2D eigenvalue weighted by molar-refractivity contribution is 7.16. The molecule has 2 unspecified atom stereocenters. The van der Waals surface area contributed by atoms with E-state index in [1.807, 2.05) is 6.07 Å². The van der Waals surface area contributed by atoms with Gasteiger partial charge in [0, 0.05) is 10.9 Å². The van der Waals surface area contributed by atoms with Crippen LogP contribution in [0.5, 0.6) is 0 Å². The first-order chi connectivity index (χ1) is 9.28. The van der Waals surface area contributed by atoms with Crippen LogP contribution >= 0.6 is 22.9 Å².